The Morgan fingerprint density at radius 1 is 1.07 bits per heavy atom. The summed E-state index contributed by atoms with van der Waals surface area (Å²) in [6.45, 7) is 2.50. The Hall–Kier alpha value is -3.12. The highest BCUT2D eigenvalue weighted by atomic mass is 35.5. The van der Waals surface area contributed by atoms with Crippen molar-refractivity contribution in [1.29, 1.82) is 0 Å². The quantitative estimate of drug-likeness (QED) is 0.699. The third kappa shape index (κ3) is 4.17. The number of hydrogen-bond acceptors (Lipinski definition) is 4. The van der Waals surface area contributed by atoms with Crippen LogP contribution in [0.1, 0.15) is 34.3 Å². The van der Waals surface area contributed by atoms with E-state index in [2.05, 4.69) is 10.6 Å². The van der Waals surface area contributed by atoms with Crippen molar-refractivity contribution in [1.82, 2.24) is 5.32 Å². The van der Waals surface area contributed by atoms with Crippen molar-refractivity contribution < 1.29 is 14.0 Å². The number of rotatable bonds is 5. The second-order valence-electron chi connectivity index (χ2n) is 5.88. The van der Waals surface area contributed by atoms with Gasteiger partial charge in [0.15, 0.2) is 11.2 Å². The lowest BCUT2D eigenvalue weighted by Gasteiger charge is -2.09. The first-order valence-electron chi connectivity index (χ1n) is 8.41. The van der Waals surface area contributed by atoms with Gasteiger partial charge in [0.25, 0.3) is 11.8 Å². The predicted octanol–water partition coefficient (Wildman–Crippen LogP) is 3.84. The lowest BCUT2D eigenvalue weighted by molar-refractivity contribution is 0.0953. The molecule has 0 aliphatic heterocycles. The van der Waals surface area contributed by atoms with Gasteiger partial charge in [-0.25, -0.2) is 0 Å². The van der Waals surface area contributed by atoms with Gasteiger partial charge >= 0.3 is 0 Å². The van der Waals surface area contributed by atoms with E-state index in [0.29, 0.717) is 28.8 Å². The first-order chi connectivity index (χ1) is 13.0. The van der Waals surface area contributed by atoms with E-state index in [4.69, 9.17) is 16.0 Å². The van der Waals surface area contributed by atoms with Crippen molar-refractivity contribution in [2.24, 2.45) is 0 Å². The topological polar surface area (TPSA) is 88.4 Å². The SMILES string of the molecule is CCCNC(=O)c1ccc(NC(=O)c2cc(=O)c3ccccc3o2)cc1Cl. The zero-order chi connectivity index (χ0) is 19.4. The van der Waals surface area contributed by atoms with Crippen LogP contribution >= 0.6 is 11.6 Å². The van der Waals surface area contributed by atoms with Crippen LogP contribution < -0.4 is 16.1 Å². The number of amides is 2. The summed E-state index contributed by atoms with van der Waals surface area (Å²) >= 11 is 6.15. The molecule has 138 valence electrons. The van der Waals surface area contributed by atoms with Gasteiger partial charge in [0.05, 0.1) is 16.0 Å². The maximum Gasteiger partial charge on any atom is 0.291 e. The summed E-state index contributed by atoms with van der Waals surface area (Å²) in [4.78, 5) is 36.5. The van der Waals surface area contributed by atoms with Gasteiger partial charge in [-0.1, -0.05) is 30.7 Å². The minimum Gasteiger partial charge on any atom is -0.451 e. The normalized spacial score (nSPS) is 10.6. The van der Waals surface area contributed by atoms with Crippen LogP contribution in [0.25, 0.3) is 11.0 Å². The molecule has 0 bridgehead atoms. The molecule has 3 rings (SSSR count). The highest BCUT2D eigenvalue weighted by molar-refractivity contribution is 6.34. The number of benzene rings is 2. The fourth-order valence-corrected chi connectivity index (χ4v) is 2.79. The third-order valence-corrected chi connectivity index (χ3v) is 4.18. The molecule has 0 aliphatic rings. The zero-order valence-electron chi connectivity index (χ0n) is 14.5. The van der Waals surface area contributed by atoms with E-state index < -0.39 is 5.91 Å². The standard InChI is InChI=1S/C20H17ClN2O4/c1-2-9-22-19(25)13-8-7-12(10-15(13)21)23-20(26)18-11-16(24)14-5-3-4-6-17(14)27-18/h3-8,10-11H,2,9H2,1H3,(H,22,25)(H,23,26). The molecule has 0 aliphatic carbocycles. The van der Waals surface area contributed by atoms with Gasteiger partial charge in [-0.2, -0.15) is 0 Å². The van der Waals surface area contributed by atoms with E-state index in [-0.39, 0.29) is 22.1 Å². The molecule has 0 saturated heterocycles. The van der Waals surface area contributed by atoms with Crippen LogP contribution in [0.15, 0.2) is 57.7 Å². The first-order valence-corrected chi connectivity index (χ1v) is 8.79. The van der Waals surface area contributed by atoms with Crippen LogP contribution in [0.5, 0.6) is 0 Å². The molecule has 2 N–H and O–H groups in total. The van der Waals surface area contributed by atoms with Crippen LogP contribution in [0.4, 0.5) is 5.69 Å². The van der Waals surface area contributed by atoms with E-state index >= 15 is 0 Å². The second kappa shape index (κ2) is 8.05. The highest BCUT2D eigenvalue weighted by Gasteiger charge is 2.15. The molecule has 0 saturated carbocycles. The van der Waals surface area contributed by atoms with Gasteiger partial charge in [-0.3, -0.25) is 14.4 Å². The molecule has 0 unspecified atom stereocenters. The largest absolute Gasteiger partial charge is 0.451 e. The van der Waals surface area contributed by atoms with Crippen molar-refractivity contribution in [2.45, 2.75) is 13.3 Å². The van der Waals surface area contributed by atoms with Gasteiger partial charge in [0.1, 0.15) is 5.58 Å². The molecule has 0 fully saturated rings. The van der Waals surface area contributed by atoms with E-state index in [0.717, 1.165) is 12.5 Å². The molecule has 2 aromatic carbocycles. The Bertz CT molecular complexity index is 1080. The van der Waals surface area contributed by atoms with E-state index in [1.54, 1.807) is 30.3 Å². The average Bonchev–Trinajstić information content (AvgIpc) is 2.66. The van der Waals surface area contributed by atoms with Crippen molar-refractivity contribution >= 4 is 40.1 Å². The number of para-hydroxylation sites is 1. The Balaban J connectivity index is 1.81. The van der Waals surface area contributed by atoms with Crippen molar-refractivity contribution in [3.63, 3.8) is 0 Å². The Labute approximate surface area is 160 Å². The van der Waals surface area contributed by atoms with Crippen LogP contribution in [-0.2, 0) is 0 Å². The number of carbonyl (C=O) groups is 2. The number of fused-ring (bicyclic) bond motifs is 1. The number of hydrogen-bond donors (Lipinski definition) is 2. The summed E-state index contributed by atoms with van der Waals surface area (Å²) in [6.07, 6.45) is 0.814. The van der Waals surface area contributed by atoms with Crippen LogP contribution in [-0.4, -0.2) is 18.4 Å². The minimum absolute atomic E-state index is 0.111. The summed E-state index contributed by atoms with van der Waals surface area (Å²) in [7, 11) is 0. The Morgan fingerprint density at radius 2 is 1.85 bits per heavy atom. The lowest BCUT2D eigenvalue weighted by atomic mass is 10.2. The molecular weight excluding hydrogens is 368 g/mol. The molecule has 0 atom stereocenters. The second-order valence-corrected chi connectivity index (χ2v) is 6.28. The molecule has 27 heavy (non-hydrogen) atoms. The Morgan fingerprint density at radius 3 is 2.59 bits per heavy atom. The van der Waals surface area contributed by atoms with Gasteiger partial charge < -0.3 is 15.1 Å². The molecule has 7 heteroatoms. The van der Waals surface area contributed by atoms with E-state index in [1.165, 1.54) is 12.1 Å². The molecule has 3 aromatic rings. The smallest absolute Gasteiger partial charge is 0.291 e. The monoisotopic (exact) mass is 384 g/mol. The van der Waals surface area contributed by atoms with Crippen molar-refractivity contribution in [3.8, 4) is 0 Å². The number of carbonyl (C=O) groups excluding carboxylic acids is 2. The van der Waals surface area contributed by atoms with Crippen LogP contribution in [0, 0.1) is 0 Å². The van der Waals surface area contributed by atoms with Crippen molar-refractivity contribution in [2.75, 3.05) is 11.9 Å². The fraction of sp³-hybridized carbons (Fsp3) is 0.150. The average molecular weight is 385 g/mol. The lowest BCUT2D eigenvalue weighted by Crippen LogP contribution is -2.24. The molecule has 2 amide bonds. The van der Waals surface area contributed by atoms with E-state index in [9.17, 15) is 14.4 Å². The van der Waals surface area contributed by atoms with Gasteiger partial charge in [0, 0.05) is 18.3 Å². The zero-order valence-corrected chi connectivity index (χ0v) is 15.3. The molecule has 1 heterocycles. The predicted molar refractivity (Wildman–Crippen MR) is 105 cm³/mol. The van der Waals surface area contributed by atoms with Gasteiger partial charge in [-0.15, -0.1) is 0 Å². The van der Waals surface area contributed by atoms with Gasteiger partial charge in [-0.05, 0) is 36.8 Å². The van der Waals surface area contributed by atoms with Gasteiger partial charge in [0.2, 0.25) is 0 Å². The van der Waals surface area contributed by atoms with Crippen LogP contribution in [0.2, 0.25) is 5.02 Å². The summed E-state index contributed by atoms with van der Waals surface area (Å²) in [5.41, 5.74) is 0.729. The third-order valence-electron chi connectivity index (χ3n) is 3.87. The molecule has 1 aromatic heterocycles. The fourth-order valence-electron chi connectivity index (χ4n) is 2.52. The van der Waals surface area contributed by atoms with E-state index in [1.807, 2.05) is 6.92 Å². The number of nitrogens with one attached hydrogen (secondary N) is 2. The maximum absolute atomic E-state index is 12.4. The molecule has 0 spiro atoms. The molecular formula is C20H17ClN2O4. The molecule has 6 nitrogen and oxygen atoms in total. The minimum atomic E-state index is -0.586. The van der Waals surface area contributed by atoms with Crippen molar-refractivity contribution in [3.05, 3.63) is 75.1 Å². The summed E-state index contributed by atoms with van der Waals surface area (Å²) in [5.74, 6) is -0.975. The maximum atomic E-state index is 12.4. The number of anilines is 1. The highest BCUT2D eigenvalue weighted by Crippen LogP contribution is 2.22. The summed E-state index contributed by atoms with van der Waals surface area (Å²) in [6, 6.07) is 12.4. The Kier molecular flexibility index (Phi) is 5.57. The number of halogens is 1. The first kappa shape index (κ1) is 18.7. The van der Waals surface area contributed by atoms with Crippen LogP contribution in [0.3, 0.4) is 0 Å². The summed E-state index contributed by atoms with van der Waals surface area (Å²) in [5, 5.41) is 5.96. The molecule has 0 radical (unpaired) electrons. The summed E-state index contributed by atoms with van der Waals surface area (Å²) < 4.78 is 5.50.